The summed E-state index contributed by atoms with van der Waals surface area (Å²) in [5.41, 5.74) is 0. The van der Waals surface area contributed by atoms with E-state index in [0.29, 0.717) is 12.8 Å². The van der Waals surface area contributed by atoms with E-state index in [1.54, 1.807) is 0 Å². The molecule has 0 saturated heterocycles. The molecule has 0 aliphatic heterocycles. The normalized spacial score (nSPS) is 13.9. The average molecular weight is 610 g/mol. The summed E-state index contributed by atoms with van der Waals surface area (Å²) in [4.78, 5) is 12.3. The van der Waals surface area contributed by atoms with Crippen LogP contribution in [-0.4, -0.2) is 46.1 Å². The molecule has 0 aromatic carbocycles. The maximum atomic E-state index is 12.3. The molecule has 0 aromatic rings. The van der Waals surface area contributed by atoms with Gasteiger partial charge in [0.1, 0.15) is 6.10 Å². The molecule has 0 fully saturated rings. The molecule has 0 aliphatic carbocycles. The first-order chi connectivity index (χ1) is 21.1. The molecule has 5 nitrogen and oxygen atoms in total. The van der Waals surface area contributed by atoms with Crippen molar-refractivity contribution in [2.75, 3.05) is 6.61 Å². The van der Waals surface area contributed by atoms with Gasteiger partial charge in [0.25, 0.3) is 0 Å². The molecule has 0 aromatic heterocycles. The zero-order valence-corrected chi connectivity index (χ0v) is 28.8. The highest BCUT2D eigenvalue weighted by atomic mass is 16.3. The van der Waals surface area contributed by atoms with Crippen molar-refractivity contribution in [2.24, 2.45) is 0 Å². The maximum absolute atomic E-state index is 12.3. The van der Waals surface area contributed by atoms with Gasteiger partial charge in [-0.1, -0.05) is 167 Å². The number of aliphatic hydroxyl groups excluding tert-OH is 3. The second-order valence-corrected chi connectivity index (χ2v) is 13.1. The lowest BCUT2D eigenvalue weighted by atomic mass is 10.0. The molecule has 3 unspecified atom stereocenters. The fraction of sp³-hybridized carbons (Fsp3) is 0.921. The van der Waals surface area contributed by atoms with Gasteiger partial charge in [0.05, 0.1) is 18.8 Å². The number of unbranched alkanes of at least 4 members (excludes halogenated alkanes) is 24. The van der Waals surface area contributed by atoms with E-state index in [4.69, 9.17) is 0 Å². The lowest BCUT2D eigenvalue weighted by molar-refractivity contribution is -0.124. The Kier molecular flexibility index (Phi) is 33.3. The highest BCUT2D eigenvalue weighted by Crippen LogP contribution is 2.15. The monoisotopic (exact) mass is 610 g/mol. The van der Waals surface area contributed by atoms with Gasteiger partial charge in [-0.3, -0.25) is 4.79 Å². The van der Waals surface area contributed by atoms with Gasteiger partial charge in [0, 0.05) is 6.42 Å². The number of aliphatic hydroxyl groups is 3. The van der Waals surface area contributed by atoms with Gasteiger partial charge in [-0.25, -0.2) is 0 Å². The van der Waals surface area contributed by atoms with Crippen LogP contribution in [-0.2, 0) is 4.79 Å². The van der Waals surface area contributed by atoms with Crippen LogP contribution >= 0.6 is 0 Å². The van der Waals surface area contributed by atoms with Crippen LogP contribution < -0.4 is 5.32 Å². The lowest BCUT2D eigenvalue weighted by Crippen LogP contribution is -2.50. The van der Waals surface area contributed by atoms with Crippen LogP contribution in [0.25, 0.3) is 0 Å². The Morgan fingerprint density at radius 1 is 0.558 bits per heavy atom. The zero-order valence-electron chi connectivity index (χ0n) is 28.8. The third-order valence-electron chi connectivity index (χ3n) is 8.87. The number of carbonyl (C=O) groups excluding carboxylic acids is 1. The summed E-state index contributed by atoms with van der Waals surface area (Å²) in [5, 5.41) is 33.3. The fourth-order valence-electron chi connectivity index (χ4n) is 5.87. The zero-order chi connectivity index (χ0) is 31.6. The van der Waals surface area contributed by atoms with E-state index in [0.717, 1.165) is 38.5 Å². The Hall–Kier alpha value is -0.910. The smallest absolute Gasteiger partial charge is 0.220 e. The van der Waals surface area contributed by atoms with Crippen molar-refractivity contribution in [1.82, 2.24) is 5.32 Å². The van der Waals surface area contributed by atoms with Crippen LogP contribution in [0.5, 0.6) is 0 Å². The molecule has 43 heavy (non-hydrogen) atoms. The van der Waals surface area contributed by atoms with Gasteiger partial charge in [0.2, 0.25) is 5.91 Å². The van der Waals surface area contributed by atoms with Crippen LogP contribution in [0, 0.1) is 0 Å². The minimum Gasteiger partial charge on any atom is -0.394 e. The van der Waals surface area contributed by atoms with Gasteiger partial charge < -0.3 is 20.6 Å². The predicted molar refractivity (Wildman–Crippen MR) is 185 cm³/mol. The number of carbonyl (C=O) groups is 1. The second kappa shape index (κ2) is 34.0. The highest BCUT2D eigenvalue weighted by Gasteiger charge is 2.26. The van der Waals surface area contributed by atoms with Crippen LogP contribution in [0.3, 0.4) is 0 Å². The van der Waals surface area contributed by atoms with E-state index in [1.165, 1.54) is 135 Å². The van der Waals surface area contributed by atoms with E-state index >= 15 is 0 Å². The molecule has 256 valence electrons. The summed E-state index contributed by atoms with van der Waals surface area (Å²) in [5.74, 6) is -0.153. The van der Waals surface area contributed by atoms with Crippen LogP contribution in [0.4, 0.5) is 0 Å². The van der Waals surface area contributed by atoms with Crippen LogP contribution in [0.2, 0.25) is 0 Å². The number of rotatable bonds is 34. The van der Waals surface area contributed by atoms with Gasteiger partial charge in [-0.2, -0.15) is 0 Å². The van der Waals surface area contributed by atoms with Gasteiger partial charge >= 0.3 is 0 Å². The summed E-state index contributed by atoms with van der Waals surface area (Å²) >= 11 is 0. The first kappa shape index (κ1) is 42.1. The Balaban J connectivity index is 3.68. The molecule has 0 aliphatic rings. The van der Waals surface area contributed by atoms with Crippen molar-refractivity contribution < 1.29 is 20.1 Å². The highest BCUT2D eigenvalue weighted by molar-refractivity contribution is 5.76. The summed E-state index contributed by atoms with van der Waals surface area (Å²) in [6, 6.07) is -0.818. The minimum absolute atomic E-state index is 0.153. The molecule has 1 amide bonds. The third-order valence-corrected chi connectivity index (χ3v) is 8.87. The van der Waals surface area contributed by atoms with Crippen LogP contribution in [0.15, 0.2) is 12.2 Å². The topological polar surface area (TPSA) is 89.8 Å². The molecule has 0 heterocycles. The fourth-order valence-corrected chi connectivity index (χ4v) is 5.87. The molecule has 0 spiro atoms. The van der Waals surface area contributed by atoms with Gasteiger partial charge in [-0.05, 0) is 38.5 Å². The molecule has 3 atom stereocenters. The quantitative estimate of drug-likeness (QED) is 0.0432. The number of allylic oxidation sites excluding steroid dienone is 2. The van der Waals surface area contributed by atoms with E-state index in [-0.39, 0.29) is 12.5 Å². The molecule has 0 rings (SSSR count). The first-order valence-corrected chi connectivity index (χ1v) is 19.0. The summed E-state index contributed by atoms with van der Waals surface area (Å²) in [6.45, 7) is 4.15. The molecule has 4 N–H and O–H groups in total. The van der Waals surface area contributed by atoms with Crippen molar-refractivity contribution >= 4 is 5.91 Å². The van der Waals surface area contributed by atoms with Crippen molar-refractivity contribution in [3.05, 3.63) is 12.2 Å². The van der Waals surface area contributed by atoms with Gasteiger partial charge in [0.15, 0.2) is 0 Å². The van der Waals surface area contributed by atoms with Crippen molar-refractivity contribution in [2.45, 2.75) is 218 Å². The molecular weight excluding hydrogens is 534 g/mol. The first-order valence-electron chi connectivity index (χ1n) is 19.0. The summed E-state index contributed by atoms with van der Waals surface area (Å²) in [7, 11) is 0. The number of nitrogens with one attached hydrogen (secondary N) is 1. The predicted octanol–water partition coefficient (Wildman–Crippen LogP) is 10.1. The number of hydrogen-bond acceptors (Lipinski definition) is 4. The number of hydrogen-bond donors (Lipinski definition) is 4. The van der Waals surface area contributed by atoms with Crippen molar-refractivity contribution in [3.8, 4) is 0 Å². The summed E-state index contributed by atoms with van der Waals surface area (Å²) < 4.78 is 0. The Labute approximate surface area is 268 Å². The lowest BCUT2D eigenvalue weighted by Gasteiger charge is -2.26. The Bertz CT molecular complexity index is 596. The maximum Gasteiger partial charge on any atom is 0.220 e. The van der Waals surface area contributed by atoms with E-state index in [1.807, 2.05) is 0 Å². The minimum atomic E-state index is -1.15. The van der Waals surface area contributed by atoms with Crippen molar-refractivity contribution in [3.63, 3.8) is 0 Å². The van der Waals surface area contributed by atoms with E-state index < -0.39 is 18.2 Å². The Morgan fingerprint density at radius 3 is 1.35 bits per heavy atom. The average Bonchev–Trinajstić information content (AvgIpc) is 3.01. The van der Waals surface area contributed by atoms with E-state index in [9.17, 15) is 20.1 Å². The van der Waals surface area contributed by atoms with Crippen LogP contribution in [0.1, 0.15) is 200 Å². The molecule has 5 heteroatoms. The Morgan fingerprint density at radius 2 is 0.930 bits per heavy atom. The second-order valence-electron chi connectivity index (χ2n) is 13.1. The molecular formula is C38H75NO4. The standard InChI is InChI=1S/C38H75NO4/c1-3-5-7-9-11-13-15-17-18-19-20-21-23-25-27-29-31-33-37(42)39-35(34-40)38(43)36(41)32-30-28-26-24-22-16-14-12-10-8-6-4-2/h24,26,35-36,38,40-41,43H,3-23,25,27-34H2,1-2H3,(H,39,42)/b26-24+. The van der Waals surface area contributed by atoms with E-state index in [2.05, 4.69) is 31.3 Å². The van der Waals surface area contributed by atoms with Crippen molar-refractivity contribution in [1.29, 1.82) is 0 Å². The molecule has 0 saturated carbocycles. The number of amides is 1. The SMILES string of the molecule is CCCCCCCCC/C=C/CCCC(O)C(O)C(CO)NC(=O)CCCCCCCCCCCCCCCCCCC. The molecule has 0 radical (unpaired) electrons. The van der Waals surface area contributed by atoms with Gasteiger partial charge in [-0.15, -0.1) is 0 Å². The summed E-state index contributed by atoms with van der Waals surface area (Å²) in [6.07, 6.45) is 37.3. The largest absolute Gasteiger partial charge is 0.394 e. The molecule has 0 bridgehead atoms. The third kappa shape index (κ3) is 29.6.